The molecule has 13 rings (SSSR count). The number of imidazole rings is 1. The number of hydrazine groups is 1. The van der Waals surface area contributed by atoms with Gasteiger partial charge >= 0.3 is 0 Å². The smallest absolute Gasteiger partial charge is 0.139 e. The van der Waals surface area contributed by atoms with E-state index >= 15 is 0 Å². The summed E-state index contributed by atoms with van der Waals surface area (Å²) in [4.78, 5) is 42.0. The van der Waals surface area contributed by atoms with Crippen molar-refractivity contribution in [2.24, 2.45) is 4.99 Å². The summed E-state index contributed by atoms with van der Waals surface area (Å²) in [5.74, 6) is 0.755. The first-order valence-corrected chi connectivity index (χ1v) is 21.6. The molecule has 0 saturated heterocycles. The van der Waals surface area contributed by atoms with E-state index in [0.717, 1.165) is 124 Å². The summed E-state index contributed by atoms with van der Waals surface area (Å²) < 4.78 is 0. The number of hydrogen-bond acceptors (Lipinski definition) is 12. The van der Waals surface area contributed by atoms with E-state index in [1.165, 1.54) is 4.90 Å². The number of H-pyrrole nitrogens is 1. The van der Waals surface area contributed by atoms with E-state index in [9.17, 15) is 0 Å². The van der Waals surface area contributed by atoms with Gasteiger partial charge in [-0.25, -0.2) is 24.9 Å². The molecule has 4 aliphatic rings. The van der Waals surface area contributed by atoms with Crippen molar-refractivity contribution in [1.82, 2.24) is 35.3 Å². The molecule has 13 heteroatoms. The van der Waals surface area contributed by atoms with E-state index in [2.05, 4.69) is 122 Å². The second-order valence-electron chi connectivity index (χ2n) is 15.6. The number of nitrogens with zero attached hydrogens (tertiary/aromatic N) is 9. The molecule has 0 saturated carbocycles. The molecule has 9 aromatic rings. The molecule has 0 unspecified atom stereocenters. The Balaban J connectivity index is 1.23. The number of aromatic nitrogens is 6. The summed E-state index contributed by atoms with van der Waals surface area (Å²) in [5, 5.41) is 6.01. The van der Waals surface area contributed by atoms with Crippen molar-refractivity contribution >= 4 is 90.7 Å². The van der Waals surface area contributed by atoms with Crippen LogP contribution in [0.2, 0.25) is 0 Å². The Morgan fingerprint density at radius 2 is 1.42 bits per heavy atom. The minimum Gasteiger partial charge on any atom is -0.353 e. The van der Waals surface area contributed by atoms with Crippen LogP contribution in [0.15, 0.2) is 149 Å². The molecule has 0 amide bonds. The third-order valence-electron chi connectivity index (χ3n) is 12.0. The number of fused-ring (bicyclic) bond motifs is 6. The fourth-order valence-electron chi connectivity index (χ4n) is 9.31. The second kappa shape index (κ2) is 13.9. The Morgan fingerprint density at radius 1 is 0.597 bits per heavy atom. The Labute approximate surface area is 359 Å². The van der Waals surface area contributed by atoms with E-state index in [0.29, 0.717) is 19.6 Å². The molecule has 3 aromatic heterocycles. The number of benzene rings is 6. The molecule has 0 aliphatic carbocycles. The van der Waals surface area contributed by atoms with Crippen LogP contribution in [-0.4, -0.2) is 62.4 Å². The molecule has 0 spiro atoms. The maximum atomic E-state index is 5.81. The molecule has 0 bridgehead atoms. The molecule has 4 aliphatic heterocycles. The van der Waals surface area contributed by atoms with Crippen LogP contribution in [-0.2, 0) is 0 Å². The highest BCUT2D eigenvalue weighted by atomic mass is 32.2. The molecular formula is C49H36N12S. The third kappa shape index (κ3) is 5.41. The maximum Gasteiger partial charge on any atom is 0.139 e. The van der Waals surface area contributed by atoms with Crippen molar-refractivity contribution in [1.29, 1.82) is 0 Å². The fraction of sp³-hybridized carbons (Fsp3) is 0.102. The van der Waals surface area contributed by atoms with Gasteiger partial charge in [0, 0.05) is 75.5 Å². The number of hydrogen-bond donors (Lipinski definition) is 3. The number of nitrogens with one attached hydrogen (secondary N) is 3. The lowest BCUT2D eigenvalue weighted by atomic mass is 9.87. The largest absolute Gasteiger partial charge is 0.353 e. The summed E-state index contributed by atoms with van der Waals surface area (Å²) in [6.45, 7) is 2.83. The lowest BCUT2D eigenvalue weighted by molar-refractivity contribution is 0.843. The topological polar surface area (TPSA) is 126 Å². The molecule has 7 heterocycles. The summed E-state index contributed by atoms with van der Waals surface area (Å²) in [7, 11) is 0. The van der Waals surface area contributed by atoms with E-state index < -0.39 is 0 Å². The van der Waals surface area contributed by atoms with Gasteiger partial charge in [-0.2, -0.15) is 0 Å². The zero-order valence-electron chi connectivity index (χ0n) is 33.2. The summed E-state index contributed by atoms with van der Waals surface area (Å²) in [6, 6.07) is 33.7. The molecule has 298 valence electrons. The fourth-order valence-corrected chi connectivity index (χ4v) is 10.3. The molecule has 62 heavy (non-hydrogen) atoms. The number of aromatic amines is 1. The van der Waals surface area contributed by atoms with Gasteiger partial charge in [-0.15, -0.1) is 0 Å². The molecule has 0 radical (unpaired) electrons. The molecular weight excluding hydrogens is 789 g/mol. The highest BCUT2D eigenvalue weighted by Crippen LogP contribution is 2.56. The Hall–Kier alpha value is -7.77. The van der Waals surface area contributed by atoms with Gasteiger partial charge in [-0.1, -0.05) is 66.4 Å². The first-order chi connectivity index (χ1) is 30.7. The Kier molecular flexibility index (Phi) is 7.85. The highest BCUT2D eigenvalue weighted by Gasteiger charge is 2.34. The zero-order valence-corrected chi connectivity index (χ0v) is 34.1. The molecule has 3 N–H and O–H groups in total. The minimum atomic E-state index is 0.655. The zero-order chi connectivity index (χ0) is 40.7. The van der Waals surface area contributed by atoms with Crippen LogP contribution in [0.1, 0.15) is 6.42 Å². The summed E-state index contributed by atoms with van der Waals surface area (Å²) in [6.07, 6.45) is 15.1. The molecule has 0 atom stereocenters. The monoisotopic (exact) mass is 824 g/mol. The van der Waals surface area contributed by atoms with E-state index in [4.69, 9.17) is 29.9 Å². The van der Waals surface area contributed by atoms with Crippen LogP contribution >= 0.6 is 11.8 Å². The predicted octanol–water partition coefficient (Wildman–Crippen LogP) is 10.2. The lowest BCUT2D eigenvalue weighted by Gasteiger charge is -2.32. The van der Waals surface area contributed by atoms with Gasteiger partial charge in [0.15, 0.2) is 0 Å². The van der Waals surface area contributed by atoms with Crippen molar-refractivity contribution in [3.63, 3.8) is 0 Å². The first-order valence-electron chi connectivity index (χ1n) is 20.8. The summed E-state index contributed by atoms with van der Waals surface area (Å²) >= 11 is 1.79. The lowest BCUT2D eigenvalue weighted by Crippen LogP contribution is -2.30. The number of aliphatic imine (C=N–C) groups is 1. The SMILES string of the molecule is C1=CN(c2c(-c3cccc4c3Nc3ccccc3S4)c(-c3cccc4nc5ccccc5nc34)c3nc4ccc(-c5ncc[nH]5)c(N5CC=CN5)c4nc3c2N2C=NCC2)CC1. The molecule has 0 fully saturated rings. The quantitative estimate of drug-likeness (QED) is 0.139. The van der Waals surface area contributed by atoms with Crippen molar-refractivity contribution in [3.8, 4) is 33.6 Å². The van der Waals surface area contributed by atoms with Gasteiger partial charge in [-0.3, -0.25) is 10.0 Å². The van der Waals surface area contributed by atoms with Crippen LogP contribution in [0, 0.1) is 0 Å². The number of anilines is 5. The van der Waals surface area contributed by atoms with E-state index in [-0.39, 0.29) is 0 Å². The highest BCUT2D eigenvalue weighted by molar-refractivity contribution is 7.99. The van der Waals surface area contributed by atoms with Gasteiger partial charge in [-0.05, 0) is 61.0 Å². The van der Waals surface area contributed by atoms with Crippen molar-refractivity contribution < 1.29 is 0 Å². The normalized spacial score (nSPS) is 15.3. The Bertz CT molecular complexity index is 3410. The number of rotatable bonds is 6. The third-order valence-corrected chi connectivity index (χ3v) is 13.2. The van der Waals surface area contributed by atoms with Crippen LogP contribution < -0.4 is 25.6 Å². The van der Waals surface area contributed by atoms with E-state index in [1.807, 2.05) is 43.0 Å². The van der Waals surface area contributed by atoms with Crippen LogP contribution in [0.5, 0.6) is 0 Å². The van der Waals surface area contributed by atoms with Gasteiger partial charge < -0.3 is 25.5 Å². The molecule has 12 nitrogen and oxygen atoms in total. The minimum absolute atomic E-state index is 0.655. The average molecular weight is 825 g/mol. The standard InChI is InChI=1S/C49H36N12S/c1-2-13-33-32(12-1)54-35-15-7-10-29(41(35)55-33)39-40(30-11-8-17-38-42(30)56-34-14-3-4-16-37(34)62-38)47(59-24-5-6-25-59)48(60-27-23-50-28-60)45-44(39)57-36-19-18-31(49-51-21-22-52-49)46(43(36)58-45)61-26-9-20-53-61/h1-5,7-22,24,28,53,56H,6,23,25-27H2,(H,51,52). The summed E-state index contributed by atoms with van der Waals surface area (Å²) in [5.41, 5.74) is 19.7. The maximum absolute atomic E-state index is 5.81. The Morgan fingerprint density at radius 3 is 2.26 bits per heavy atom. The van der Waals surface area contributed by atoms with Crippen LogP contribution in [0.3, 0.4) is 0 Å². The van der Waals surface area contributed by atoms with Gasteiger partial charge in [0.25, 0.3) is 0 Å². The predicted molar refractivity (Wildman–Crippen MR) is 251 cm³/mol. The van der Waals surface area contributed by atoms with Gasteiger partial charge in [0.05, 0.1) is 75.4 Å². The number of para-hydroxylation sites is 5. The average Bonchev–Trinajstić information content (AvgIpc) is 4.18. The molecule has 6 aromatic carbocycles. The van der Waals surface area contributed by atoms with Gasteiger partial charge in [0.1, 0.15) is 22.4 Å². The van der Waals surface area contributed by atoms with E-state index in [1.54, 1.807) is 18.0 Å². The van der Waals surface area contributed by atoms with Crippen LogP contribution in [0.4, 0.5) is 28.4 Å². The van der Waals surface area contributed by atoms with Crippen molar-refractivity contribution in [2.75, 3.05) is 46.3 Å². The second-order valence-corrected chi connectivity index (χ2v) is 16.7. The first kappa shape index (κ1) is 35.0. The van der Waals surface area contributed by atoms with Crippen LogP contribution in [0.25, 0.3) is 77.8 Å². The van der Waals surface area contributed by atoms with Crippen molar-refractivity contribution in [3.05, 3.63) is 134 Å². The van der Waals surface area contributed by atoms with Crippen molar-refractivity contribution in [2.45, 2.75) is 16.2 Å². The van der Waals surface area contributed by atoms with Gasteiger partial charge in [0.2, 0.25) is 0 Å².